The Morgan fingerprint density at radius 3 is 2.38 bits per heavy atom. The topological polar surface area (TPSA) is 33.0 Å². The van der Waals surface area contributed by atoms with Crippen molar-refractivity contribution in [3.63, 3.8) is 0 Å². The number of fused-ring (bicyclic) bond motifs is 1. The predicted molar refractivity (Wildman–Crippen MR) is 133 cm³/mol. The van der Waals surface area contributed by atoms with Crippen LogP contribution in [-0.2, 0) is 11.0 Å². The Kier molecular flexibility index (Phi) is 6.07. The van der Waals surface area contributed by atoms with Gasteiger partial charge in [0.1, 0.15) is 5.65 Å². The number of anilines is 2. The minimum Gasteiger partial charge on any atom is -0.412 e. The molecule has 0 N–H and O–H groups in total. The van der Waals surface area contributed by atoms with Gasteiger partial charge in [-0.05, 0) is 43.3 Å². The maximum atomic E-state index is 15.4. The van der Waals surface area contributed by atoms with E-state index in [0.717, 1.165) is 37.5 Å². The molecular weight excluding hydrogens is 419 g/mol. The Balaban J connectivity index is 1.43. The average molecular weight is 455 g/mol. The van der Waals surface area contributed by atoms with Crippen molar-refractivity contribution in [1.82, 2.24) is 9.38 Å². The van der Waals surface area contributed by atoms with Crippen LogP contribution < -0.4 is 9.80 Å². The summed E-state index contributed by atoms with van der Waals surface area (Å²) in [6.45, 7) is 16.6. The van der Waals surface area contributed by atoms with E-state index in [1.807, 2.05) is 31.3 Å². The van der Waals surface area contributed by atoms with E-state index in [-0.39, 0.29) is 10.9 Å². The van der Waals surface area contributed by atoms with Crippen molar-refractivity contribution in [2.24, 2.45) is 0 Å². The molecule has 0 spiro atoms. The Labute approximate surface area is 192 Å². The van der Waals surface area contributed by atoms with Crippen LogP contribution in [0.3, 0.4) is 0 Å². The first kappa shape index (κ1) is 22.8. The summed E-state index contributed by atoms with van der Waals surface area (Å²) in [5.41, 5.74) is 4.48. The molecule has 172 valence electrons. The molecule has 0 saturated carbocycles. The van der Waals surface area contributed by atoms with Crippen LogP contribution in [0, 0.1) is 12.7 Å². The monoisotopic (exact) mass is 454 g/mol. The van der Waals surface area contributed by atoms with Gasteiger partial charge >= 0.3 is 0 Å². The molecule has 0 amide bonds. The number of piperazine rings is 1. The summed E-state index contributed by atoms with van der Waals surface area (Å²) in [6, 6.07) is 9.87. The number of pyridine rings is 1. The van der Waals surface area contributed by atoms with Crippen LogP contribution in [0.4, 0.5) is 15.8 Å². The van der Waals surface area contributed by atoms with Crippen molar-refractivity contribution in [1.29, 1.82) is 0 Å². The van der Waals surface area contributed by atoms with Gasteiger partial charge in [-0.1, -0.05) is 32.9 Å². The van der Waals surface area contributed by atoms with Crippen LogP contribution in [0.25, 0.3) is 5.65 Å². The lowest BCUT2D eigenvalue weighted by molar-refractivity contribution is 0.271. The number of aromatic nitrogens is 2. The third-order valence-electron chi connectivity index (χ3n) is 6.99. The molecule has 2 aromatic heterocycles. The summed E-state index contributed by atoms with van der Waals surface area (Å²) in [5.74, 6) is -0.144. The molecule has 32 heavy (non-hydrogen) atoms. The standard InChI is InChI=1S/C25H35FN4OSi/c1-19-16-30-17-21(10-11-23(30)27-19)28-12-14-29(15-13-28)22-9-7-8-20(24(22)26)18-31-32(5,6)25(2,3)4/h7-11,16-17H,12-15,18H2,1-6H3. The number of aryl methyl sites for hydroxylation is 1. The average Bonchev–Trinajstić information content (AvgIpc) is 3.11. The normalized spacial score (nSPS) is 15.6. The van der Waals surface area contributed by atoms with E-state index in [9.17, 15) is 0 Å². The van der Waals surface area contributed by atoms with E-state index in [2.05, 4.69) is 71.4 Å². The summed E-state index contributed by atoms with van der Waals surface area (Å²) in [4.78, 5) is 9.01. The highest BCUT2D eigenvalue weighted by Gasteiger charge is 2.37. The zero-order valence-corrected chi connectivity index (χ0v) is 21.2. The SMILES string of the molecule is Cc1cn2cc(N3CCN(c4cccc(CO[Si](C)(C)C(C)(C)C)c4F)CC3)ccc2n1. The van der Waals surface area contributed by atoms with Crippen LogP contribution in [0.2, 0.25) is 18.1 Å². The number of benzene rings is 1. The summed E-state index contributed by atoms with van der Waals surface area (Å²) < 4.78 is 23.7. The molecule has 1 aliphatic heterocycles. The van der Waals surface area contributed by atoms with Crippen LogP contribution in [0.1, 0.15) is 32.0 Å². The largest absolute Gasteiger partial charge is 0.412 e. The lowest BCUT2D eigenvalue weighted by atomic mass is 10.1. The first-order valence-electron chi connectivity index (χ1n) is 11.4. The maximum Gasteiger partial charge on any atom is 0.192 e. The van der Waals surface area contributed by atoms with Crippen molar-refractivity contribution in [3.05, 3.63) is 59.8 Å². The second kappa shape index (κ2) is 8.52. The van der Waals surface area contributed by atoms with E-state index < -0.39 is 8.32 Å². The molecule has 7 heteroatoms. The van der Waals surface area contributed by atoms with Gasteiger partial charge in [0.05, 0.1) is 23.7 Å². The highest BCUT2D eigenvalue weighted by atomic mass is 28.4. The van der Waals surface area contributed by atoms with Gasteiger partial charge in [-0.25, -0.2) is 9.37 Å². The second-order valence-corrected chi connectivity index (χ2v) is 15.1. The van der Waals surface area contributed by atoms with Crippen LogP contribution in [-0.4, -0.2) is 43.9 Å². The molecule has 3 heterocycles. The lowest BCUT2D eigenvalue weighted by Crippen LogP contribution is -2.47. The van der Waals surface area contributed by atoms with Crippen molar-refractivity contribution >= 4 is 25.3 Å². The van der Waals surface area contributed by atoms with E-state index in [1.54, 1.807) is 0 Å². The van der Waals surface area contributed by atoms with Gasteiger partial charge in [-0.2, -0.15) is 0 Å². The Morgan fingerprint density at radius 1 is 1.00 bits per heavy atom. The van der Waals surface area contributed by atoms with Gasteiger partial charge in [0.25, 0.3) is 0 Å². The first-order chi connectivity index (χ1) is 15.0. The summed E-state index contributed by atoms with van der Waals surface area (Å²) >= 11 is 0. The van der Waals surface area contributed by atoms with Crippen molar-refractivity contribution in [2.45, 2.75) is 52.4 Å². The minimum absolute atomic E-state index is 0.107. The molecule has 0 atom stereocenters. The summed E-state index contributed by atoms with van der Waals surface area (Å²) in [7, 11) is -1.93. The number of halogens is 1. The third kappa shape index (κ3) is 4.54. The first-order valence-corrected chi connectivity index (χ1v) is 14.3. The van der Waals surface area contributed by atoms with E-state index in [4.69, 9.17) is 4.43 Å². The van der Waals surface area contributed by atoms with Gasteiger partial charge in [-0.15, -0.1) is 0 Å². The summed E-state index contributed by atoms with van der Waals surface area (Å²) in [5, 5.41) is 0.107. The Morgan fingerprint density at radius 2 is 1.69 bits per heavy atom. The zero-order valence-electron chi connectivity index (χ0n) is 20.2. The zero-order chi connectivity index (χ0) is 23.1. The minimum atomic E-state index is -1.93. The van der Waals surface area contributed by atoms with Crippen molar-refractivity contribution < 1.29 is 8.82 Å². The van der Waals surface area contributed by atoms with Gasteiger partial charge in [0, 0.05) is 44.1 Å². The lowest BCUT2D eigenvalue weighted by Gasteiger charge is -2.38. The fourth-order valence-corrected chi connectivity index (χ4v) is 4.85. The van der Waals surface area contributed by atoms with Crippen molar-refractivity contribution in [2.75, 3.05) is 36.0 Å². The second-order valence-electron chi connectivity index (χ2n) is 10.3. The fraction of sp³-hybridized carbons (Fsp3) is 0.480. The predicted octanol–water partition coefficient (Wildman–Crippen LogP) is 5.63. The van der Waals surface area contributed by atoms with Crippen LogP contribution >= 0.6 is 0 Å². The fourth-order valence-electron chi connectivity index (χ4n) is 3.90. The van der Waals surface area contributed by atoms with Crippen LogP contribution in [0.15, 0.2) is 42.7 Å². The van der Waals surface area contributed by atoms with Gasteiger partial charge < -0.3 is 18.6 Å². The number of hydrogen-bond acceptors (Lipinski definition) is 4. The molecule has 1 fully saturated rings. The quantitative estimate of drug-likeness (QED) is 0.468. The number of imidazole rings is 1. The summed E-state index contributed by atoms with van der Waals surface area (Å²) in [6.07, 6.45) is 4.17. The van der Waals surface area contributed by atoms with E-state index in [0.29, 0.717) is 17.9 Å². The van der Waals surface area contributed by atoms with Crippen molar-refractivity contribution in [3.8, 4) is 0 Å². The van der Waals surface area contributed by atoms with E-state index >= 15 is 4.39 Å². The highest BCUT2D eigenvalue weighted by molar-refractivity contribution is 6.74. The molecule has 3 aromatic rings. The molecule has 0 aliphatic carbocycles. The molecule has 1 aromatic carbocycles. The number of nitrogens with zero attached hydrogens (tertiary/aromatic N) is 4. The molecule has 0 radical (unpaired) electrons. The molecule has 1 saturated heterocycles. The molecule has 0 unspecified atom stereocenters. The maximum absolute atomic E-state index is 15.4. The molecule has 4 rings (SSSR count). The highest BCUT2D eigenvalue weighted by Crippen LogP contribution is 2.37. The van der Waals surface area contributed by atoms with E-state index in [1.165, 1.54) is 5.69 Å². The Bertz CT molecular complexity index is 1100. The smallest absolute Gasteiger partial charge is 0.192 e. The van der Waals surface area contributed by atoms with Gasteiger partial charge in [-0.3, -0.25) is 0 Å². The van der Waals surface area contributed by atoms with Gasteiger partial charge in [0.15, 0.2) is 14.1 Å². The molecule has 1 aliphatic rings. The number of hydrogen-bond donors (Lipinski definition) is 0. The number of rotatable bonds is 5. The third-order valence-corrected chi connectivity index (χ3v) is 11.5. The molecule has 0 bridgehead atoms. The van der Waals surface area contributed by atoms with Crippen LogP contribution in [0.5, 0.6) is 0 Å². The Hall–Kier alpha value is -2.38. The molecular formula is C25H35FN4OSi. The molecule has 5 nitrogen and oxygen atoms in total. The van der Waals surface area contributed by atoms with Gasteiger partial charge in [0.2, 0.25) is 0 Å².